The highest BCUT2D eigenvalue weighted by Gasteiger charge is 2.53. The molecule has 190 valence electrons. The minimum absolute atomic E-state index is 0.00696. The van der Waals surface area contributed by atoms with Crippen LogP contribution in [0.3, 0.4) is 0 Å². The van der Waals surface area contributed by atoms with E-state index >= 15 is 0 Å². The monoisotopic (exact) mass is 500 g/mol. The molecule has 0 saturated heterocycles. The van der Waals surface area contributed by atoms with Crippen LogP contribution in [0.4, 0.5) is 0 Å². The molecule has 0 fully saturated rings. The van der Waals surface area contributed by atoms with Crippen molar-refractivity contribution in [3.8, 4) is 0 Å². The van der Waals surface area contributed by atoms with Crippen molar-refractivity contribution in [2.75, 3.05) is 0 Å². The van der Waals surface area contributed by atoms with E-state index in [2.05, 4.69) is 104 Å². The van der Waals surface area contributed by atoms with Crippen LogP contribution >= 0.6 is 0 Å². The lowest BCUT2D eigenvalue weighted by Crippen LogP contribution is -2.58. The Labute approximate surface area is 212 Å². The lowest BCUT2D eigenvalue weighted by molar-refractivity contribution is -0.101. The molecular weight excluding hydrogens is 452 g/mol. The third-order valence-corrected chi connectivity index (χ3v) is 7.73. The normalized spacial score (nSPS) is 21.2. The zero-order chi connectivity index (χ0) is 25.6. The Morgan fingerprint density at radius 1 is 0.882 bits per heavy atom. The highest BCUT2D eigenvalue weighted by atomic mass is 28.3. The zero-order valence-corrected chi connectivity index (χ0v) is 25.5. The zero-order valence-electron chi connectivity index (χ0n) is 23.2. The van der Waals surface area contributed by atoms with Crippen LogP contribution in [0.2, 0.25) is 26.2 Å². The predicted molar refractivity (Wildman–Crippen MR) is 151 cm³/mol. The summed E-state index contributed by atoms with van der Waals surface area (Å²) in [5.41, 5.74) is 2.12. The number of rotatable bonds is 10. The van der Waals surface area contributed by atoms with E-state index in [0.29, 0.717) is 6.61 Å². The highest BCUT2D eigenvalue weighted by Crippen LogP contribution is 2.51. The smallest absolute Gasteiger partial charge is 0.171 e. The fourth-order valence-corrected chi connectivity index (χ4v) is 7.41. The van der Waals surface area contributed by atoms with E-state index in [0.717, 1.165) is 6.42 Å². The number of allylic oxidation sites excluding steroid dienone is 4. The minimum Gasteiger partial charge on any atom is -0.496 e. The van der Waals surface area contributed by atoms with Gasteiger partial charge < -0.3 is 13.6 Å². The van der Waals surface area contributed by atoms with E-state index in [-0.39, 0.29) is 28.5 Å². The van der Waals surface area contributed by atoms with Crippen LogP contribution in [0, 0.1) is 16.2 Å². The van der Waals surface area contributed by atoms with Crippen molar-refractivity contribution in [2.24, 2.45) is 16.2 Å². The summed E-state index contributed by atoms with van der Waals surface area (Å²) in [6.45, 7) is 23.6. The molecule has 0 spiro atoms. The quantitative estimate of drug-likeness (QED) is 0.247. The molecule has 2 rings (SSSR count). The Morgan fingerprint density at radius 2 is 1.41 bits per heavy atom. The Kier molecular flexibility index (Phi) is 10.2. The summed E-state index contributed by atoms with van der Waals surface area (Å²) in [5.74, 6) is 0. The van der Waals surface area contributed by atoms with Crippen molar-refractivity contribution in [3.05, 3.63) is 72.0 Å². The molecule has 1 aromatic carbocycles. The van der Waals surface area contributed by atoms with Crippen LogP contribution in [0.25, 0.3) is 0 Å². The molecule has 34 heavy (non-hydrogen) atoms. The summed E-state index contributed by atoms with van der Waals surface area (Å²) in [6, 6.07) is 10.3. The van der Waals surface area contributed by atoms with Crippen LogP contribution in [0.1, 0.15) is 53.5 Å². The summed E-state index contributed by atoms with van der Waals surface area (Å²) in [6.07, 6.45) is 11.9. The Hall–Kier alpha value is -1.41. The summed E-state index contributed by atoms with van der Waals surface area (Å²) < 4.78 is 19.5. The molecule has 0 amide bonds. The second-order valence-electron chi connectivity index (χ2n) is 12.3. The van der Waals surface area contributed by atoms with Crippen molar-refractivity contribution < 1.29 is 13.6 Å². The summed E-state index contributed by atoms with van der Waals surface area (Å²) in [5, 5.41) is 0. The molecule has 0 radical (unpaired) electrons. The SMILES string of the molecule is C[SiH](C)OC(C(C)(C)C)C1(C(O[SiH](C)C)C(C)(C)C)C=CC(C=COCc2ccccc2)=CC1. The number of benzene rings is 1. The summed E-state index contributed by atoms with van der Waals surface area (Å²) >= 11 is 0. The molecule has 3 nitrogen and oxygen atoms in total. The van der Waals surface area contributed by atoms with Crippen molar-refractivity contribution in [3.63, 3.8) is 0 Å². The molecule has 5 heteroatoms. The van der Waals surface area contributed by atoms with Gasteiger partial charge in [0.25, 0.3) is 0 Å². The van der Waals surface area contributed by atoms with Gasteiger partial charge in [0.15, 0.2) is 18.1 Å². The van der Waals surface area contributed by atoms with Gasteiger partial charge in [-0.2, -0.15) is 0 Å². The van der Waals surface area contributed by atoms with Gasteiger partial charge >= 0.3 is 0 Å². The fraction of sp³-hybridized carbons (Fsp3) is 0.586. The van der Waals surface area contributed by atoms with Crippen molar-refractivity contribution in [2.45, 2.75) is 93.0 Å². The van der Waals surface area contributed by atoms with Gasteiger partial charge in [0, 0.05) is 5.41 Å². The third kappa shape index (κ3) is 8.08. The second-order valence-corrected chi connectivity index (χ2v) is 17.1. The first kappa shape index (κ1) is 28.8. The van der Waals surface area contributed by atoms with Gasteiger partial charge in [0.1, 0.15) is 6.61 Å². The summed E-state index contributed by atoms with van der Waals surface area (Å²) in [7, 11) is -2.55. The average molecular weight is 501 g/mol. The highest BCUT2D eigenvalue weighted by molar-refractivity contribution is 6.48. The van der Waals surface area contributed by atoms with Crippen LogP contribution < -0.4 is 0 Å². The van der Waals surface area contributed by atoms with Gasteiger partial charge in [-0.3, -0.25) is 0 Å². The van der Waals surface area contributed by atoms with Crippen LogP contribution in [-0.4, -0.2) is 30.3 Å². The largest absolute Gasteiger partial charge is 0.496 e. The molecule has 1 aliphatic rings. The van der Waals surface area contributed by atoms with E-state index < -0.39 is 18.1 Å². The van der Waals surface area contributed by atoms with E-state index in [9.17, 15) is 0 Å². The predicted octanol–water partition coefficient (Wildman–Crippen LogP) is 7.42. The first-order chi connectivity index (χ1) is 15.8. The molecule has 1 aromatic rings. The van der Waals surface area contributed by atoms with E-state index in [1.807, 2.05) is 24.5 Å². The molecule has 0 aromatic heterocycles. The molecular formula is C29H48O3Si2. The molecule has 0 saturated carbocycles. The van der Waals surface area contributed by atoms with Gasteiger partial charge in [-0.05, 0) is 60.7 Å². The number of ether oxygens (including phenoxy) is 1. The molecule has 2 unspecified atom stereocenters. The summed E-state index contributed by atoms with van der Waals surface area (Å²) in [4.78, 5) is 0. The van der Waals surface area contributed by atoms with Crippen molar-refractivity contribution in [1.82, 2.24) is 0 Å². The Morgan fingerprint density at radius 3 is 1.82 bits per heavy atom. The Balaban J connectivity index is 2.35. The van der Waals surface area contributed by atoms with Gasteiger partial charge in [-0.15, -0.1) is 0 Å². The lowest BCUT2D eigenvalue weighted by Gasteiger charge is -2.54. The number of hydrogen-bond donors (Lipinski definition) is 0. The molecule has 0 N–H and O–H groups in total. The Bertz CT molecular complexity index is 814. The van der Waals surface area contributed by atoms with Crippen LogP contribution in [0.15, 0.2) is 66.5 Å². The molecule has 0 bridgehead atoms. The van der Waals surface area contributed by atoms with Gasteiger partial charge in [0.2, 0.25) is 0 Å². The van der Waals surface area contributed by atoms with Gasteiger partial charge in [-0.25, -0.2) is 0 Å². The van der Waals surface area contributed by atoms with Gasteiger partial charge in [0.05, 0.1) is 18.5 Å². The maximum Gasteiger partial charge on any atom is 0.171 e. The maximum absolute atomic E-state index is 6.85. The third-order valence-electron chi connectivity index (χ3n) is 6.09. The van der Waals surface area contributed by atoms with Crippen molar-refractivity contribution in [1.29, 1.82) is 0 Å². The number of hydrogen-bond acceptors (Lipinski definition) is 3. The maximum atomic E-state index is 6.85. The molecule has 0 aliphatic heterocycles. The van der Waals surface area contributed by atoms with E-state index in [1.165, 1.54) is 11.1 Å². The lowest BCUT2D eigenvalue weighted by atomic mass is 9.59. The minimum atomic E-state index is -1.28. The topological polar surface area (TPSA) is 27.7 Å². The molecule has 1 aliphatic carbocycles. The average Bonchev–Trinajstić information content (AvgIpc) is 2.73. The first-order valence-electron chi connectivity index (χ1n) is 12.8. The molecule has 0 heterocycles. The van der Waals surface area contributed by atoms with Gasteiger partial charge in [-0.1, -0.05) is 90.1 Å². The van der Waals surface area contributed by atoms with E-state index in [1.54, 1.807) is 0 Å². The van der Waals surface area contributed by atoms with Crippen LogP contribution in [0.5, 0.6) is 0 Å². The molecule has 2 atom stereocenters. The standard InChI is InChI=1S/C29H48O3Si2/c1-27(2,3)25(31-33(7)8)29(26(28(4,5)6)32-34(9)10)19-16-23(17-20-29)18-21-30-22-24-14-12-11-13-15-24/h11-19,21,25-26,33-34H,20,22H2,1-10H3. The second kappa shape index (κ2) is 12.0. The van der Waals surface area contributed by atoms with Crippen molar-refractivity contribution >= 4 is 18.1 Å². The first-order valence-corrected chi connectivity index (χ1v) is 18.3. The fourth-order valence-electron chi connectivity index (χ4n) is 5.00. The van der Waals surface area contributed by atoms with Crippen LogP contribution in [-0.2, 0) is 20.2 Å². The van der Waals surface area contributed by atoms with E-state index in [4.69, 9.17) is 13.6 Å².